The van der Waals surface area contributed by atoms with E-state index in [1.807, 2.05) is 65.8 Å². The number of carbonyl (C=O) groups excluding carboxylic acids is 2. The maximum absolute atomic E-state index is 14.4. The number of hydrogen-bond donors (Lipinski definition) is 3. The second-order valence-corrected chi connectivity index (χ2v) is 25.0. The Morgan fingerprint density at radius 3 is 1.91 bits per heavy atom. The number of carbonyl (C=O) groups is 2. The number of aliphatic hydroxyl groups excluding tert-OH is 2. The van der Waals surface area contributed by atoms with Crippen molar-refractivity contribution in [2.24, 2.45) is 53.3 Å². The molecular weight excluding hydrogens is 1040 g/mol. The molecule has 0 radical (unpaired) electrons. The molecule has 6 saturated heterocycles. The van der Waals surface area contributed by atoms with Crippen LogP contribution in [0.15, 0.2) is 48.6 Å². The molecule has 22 atom stereocenters. The molecule has 0 aromatic heterocycles. The Balaban J connectivity index is 0.000000236. The Morgan fingerprint density at radius 1 is 0.750 bits per heavy atom. The number of ether oxygens (including phenoxy) is 11. The quantitative estimate of drug-likeness (QED) is 0.166. The van der Waals surface area contributed by atoms with E-state index >= 15 is 0 Å². The summed E-state index contributed by atoms with van der Waals surface area (Å²) in [6, 6.07) is 12.1. The molecule has 2 spiro atoms. The molecule has 22 unspecified atom stereocenters. The first-order chi connectivity index (χ1) is 37.7. The van der Waals surface area contributed by atoms with Gasteiger partial charge >= 0.3 is 29.6 Å². The van der Waals surface area contributed by atoms with Gasteiger partial charge in [-0.1, -0.05) is 67.5 Å². The van der Waals surface area contributed by atoms with Gasteiger partial charge in [-0.05, 0) is 131 Å². The Kier molecular flexibility index (Phi) is 19.0. The molecule has 2 aromatic carbocycles. The van der Waals surface area contributed by atoms with Gasteiger partial charge in [0.25, 0.3) is 0 Å². The van der Waals surface area contributed by atoms with Crippen molar-refractivity contribution in [2.45, 2.75) is 211 Å². The minimum Gasteiger partial charge on any atom is -0.550 e. The summed E-state index contributed by atoms with van der Waals surface area (Å²) >= 11 is 0. The maximum atomic E-state index is 14.4. The minimum absolute atomic E-state index is 0. The van der Waals surface area contributed by atoms with Crippen LogP contribution in [0, 0.1) is 53.3 Å². The fourth-order valence-electron chi connectivity index (χ4n) is 14.9. The Labute approximate surface area is 494 Å². The van der Waals surface area contributed by atoms with Gasteiger partial charge in [0, 0.05) is 53.8 Å². The molecule has 0 bridgehead atoms. The molecule has 9 heterocycles. The van der Waals surface area contributed by atoms with E-state index < -0.39 is 82.9 Å². The van der Waals surface area contributed by atoms with E-state index in [1.165, 1.54) is 0 Å². The first-order valence-electron chi connectivity index (χ1n) is 29.6. The standard InChI is InChI=1S/C42H70O11.C20H18O6.Na/c1-11-29(38(46)47)31-15-14-23(4)36(50-31)27(8)34(44)26(7)35(45)30(12-2)37-24(5)22-25(6)41(51-37)19-16-32(43)42(53-41)21-20-39(10,52-42)33-17-18-40(48,13-3)28(9)49-33;1-3-15-17(25-9-23-15)5-11(1)19-13-7-22-20(14(13)8-21-19)12-2-4-16-18(6-12)26-10-24-16;/h16,19,23-34,36-37,43-44,48H,11-15,17-18,20-22H2,1-10H3,(H,46,47);1-6,13-14,19-20H,7-10H2;/q;;+1/p-1. The van der Waals surface area contributed by atoms with Crippen molar-refractivity contribution in [2.75, 3.05) is 26.8 Å². The Hall–Kier alpha value is -2.88. The number of aliphatic carboxylic acids is 1. The van der Waals surface area contributed by atoms with Crippen molar-refractivity contribution < 1.29 is 112 Å². The predicted octanol–water partition coefficient (Wildman–Crippen LogP) is 5.08. The average molecular weight is 1130 g/mol. The first-order valence-corrected chi connectivity index (χ1v) is 29.6. The zero-order valence-corrected chi connectivity index (χ0v) is 51.0. The SMILES string of the molecule is CCC(C(=O)[O-])C1CCC(C)C(C(C)C(O)C(C)C(=O)C(CC)C2OC3(C=CC(O)C4(CCC(C)(C5CCC(O)(CC)C(C)O5)O4)O3)C(C)CC2C)O1.[Na+].c1cc2c(cc1C1OCC3C(c4ccc5c(c4)OCO5)OCC13)OCO2. The maximum Gasteiger partial charge on any atom is 1.00 e. The molecule has 438 valence electrons. The van der Waals surface area contributed by atoms with E-state index in [4.69, 9.17) is 52.1 Å². The monoisotopic (exact) mass is 1130 g/mol. The molecule has 9 aliphatic heterocycles. The number of hydrogen-bond acceptors (Lipinski definition) is 17. The Bertz CT molecular complexity index is 2460. The van der Waals surface area contributed by atoms with Crippen molar-refractivity contribution in [1.82, 2.24) is 0 Å². The van der Waals surface area contributed by atoms with Crippen molar-refractivity contribution in [3.8, 4) is 23.0 Å². The largest absolute Gasteiger partial charge is 1.00 e. The Morgan fingerprint density at radius 2 is 1.35 bits per heavy atom. The zero-order valence-electron chi connectivity index (χ0n) is 49.0. The number of carboxylic acids is 1. The summed E-state index contributed by atoms with van der Waals surface area (Å²) in [4.78, 5) is 26.2. The molecule has 2 aromatic rings. The molecule has 6 fully saturated rings. The molecule has 80 heavy (non-hydrogen) atoms. The van der Waals surface area contributed by atoms with Crippen molar-refractivity contribution in [3.63, 3.8) is 0 Å². The average Bonchev–Trinajstić information content (AvgIpc) is 4.41. The van der Waals surface area contributed by atoms with Gasteiger partial charge in [0.2, 0.25) is 19.4 Å². The van der Waals surface area contributed by atoms with Crippen molar-refractivity contribution in [1.29, 1.82) is 0 Å². The van der Waals surface area contributed by atoms with E-state index in [2.05, 4.69) is 32.9 Å². The van der Waals surface area contributed by atoms with Crippen LogP contribution in [0.4, 0.5) is 0 Å². The van der Waals surface area contributed by atoms with Crippen molar-refractivity contribution >= 4 is 11.8 Å². The summed E-state index contributed by atoms with van der Waals surface area (Å²) in [5, 5.41) is 46.0. The third-order valence-corrected chi connectivity index (χ3v) is 20.1. The number of ketones is 1. The van der Waals surface area contributed by atoms with Gasteiger partial charge in [-0.15, -0.1) is 0 Å². The van der Waals surface area contributed by atoms with Gasteiger partial charge < -0.3 is 77.3 Å². The number of Topliss-reactive ketones (excluding diaryl/α,β-unsaturated/α-hetero) is 1. The van der Waals surface area contributed by atoms with E-state index in [0.29, 0.717) is 82.8 Å². The van der Waals surface area contributed by atoms with Gasteiger partial charge in [-0.2, -0.15) is 0 Å². The van der Waals surface area contributed by atoms with E-state index in [-0.39, 0.29) is 91.1 Å². The minimum atomic E-state index is -1.37. The van der Waals surface area contributed by atoms with Gasteiger partial charge in [0.05, 0.1) is 73.2 Å². The molecule has 0 aliphatic carbocycles. The summed E-state index contributed by atoms with van der Waals surface area (Å²) in [6.07, 6.45) is 5.26. The molecular formula is C62H87NaO17. The predicted molar refractivity (Wildman–Crippen MR) is 286 cm³/mol. The summed E-state index contributed by atoms with van der Waals surface area (Å²) in [7, 11) is 0. The molecule has 17 nitrogen and oxygen atoms in total. The zero-order chi connectivity index (χ0) is 56.3. The summed E-state index contributed by atoms with van der Waals surface area (Å²) in [6.45, 7) is 21.4. The summed E-state index contributed by atoms with van der Waals surface area (Å²) < 4.78 is 67.6. The van der Waals surface area contributed by atoms with Crippen LogP contribution >= 0.6 is 0 Å². The smallest absolute Gasteiger partial charge is 0.550 e. The van der Waals surface area contributed by atoms with Gasteiger partial charge in [0.1, 0.15) is 11.9 Å². The van der Waals surface area contributed by atoms with Crippen LogP contribution in [0.1, 0.15) is 157 Å². The number of benzene rings is 2. The fourth-order valence-corrected chi connectivity index (χ4v) is 14.9. The van der Waals surface area contributed by atoms with Crippen LogP contribution in [-0.2, 0) is 42.7 Å². The van der Waals surface area contributed by atoms with Crippen molar-refractivity contribution in [3.05, 3.63) is 59.7 Å². The fraction of sp³-hybridized carbons (Fsp3) is 0.742. The summed E-state index contributed by atoms with van der Waals surface area (Å²) in [5.41, 5.74) is 0.608. The van der Waals surface area contributed by atoms with Crippen LogP contribution in [0.5, 0.6) is 23.0 Å². The normalized spacial score (nSPS) is 40.5. The second kappa shape index (κ2) is 24.6. The van der Waals surface area contributed by atoms with E-state index in [1.54, 1.807) is 19.1 Å². The van der Waals surface area contributed by atoms with Gasteiger partial charge in [0.15, 0.2) is 28.8 Å². The number of rotatable bonds is 14. The molecule has 3 N–H and O–H groups in total. The molecule has 11 rings (SSSR count). The van der Waals surface area contributed by atoms with Crippen LogP contribution in [0.3, 0.4) is 0 Å². The number of carboxylic acid groups (broad SMARTS) is 1. The van der Waals surface area contributed by atoms with Crippen LogP contribution in [0.25, 0.3) is 0 Å². The van der Waals surface area contributed by atoms with E-state index in [0.717, 1.165) is 40.5 Å². The molecule has 9 aliphatic rings. The number of fused-ring (bicyclic) bond motifs is 3. The first kappa shape index (κ1) is 61.7. The topological polar surface area (TPSA) is 219 Å². The van der Waals surface area contributed by atoms with Crippen LogP contribution in [0.2, 0.25) is 0 Å². The van der Waals surface area contributed by atoms with Crippen LogP contribution in [-0.4, -0.2) is 119 Å². The second-order valence-electron chi connectivity index (χ2n) is 25.0. The van der Waals surface area contributed by atoms with Gasteiger partial charge in [-0.3, -0.25) is 4.79 Å². The third-order valence-electron chi connectivity index (χ3n) is 20.1. The van der Waals surface area contributed by atoms with Crippen LogP contribution < -0.4 is 53.6 Å². The third kappa shape index (κ3) is 11.5. The summed E-state index contributed by atoms with van der Waals surface area (Å²) in [5.74, 6) is -2.41. The molecule has 0 saturated carbocycles. The number of aliphatic hydroxyl groups is 3. The molecule has 18 heteroatoms. The molecule has 0 amide bonds. The van der Waals surface area contributed by atoms with E-state index in [9.17, 15) is 30.0 Å². The van der Waals surface area contributed by atoms with Gasteiger partial charge in [-0.25, -0.2) is 0 Å².